The van der Waals surface area contributed by atoms with E-state index in [1.54, 1.807) is 12.1 Å². The Balaban J connectivity index is 1.94. The summed E-state index contributed by atoms with van der Waals surface area (Å²) in [5, 5.41) is 11.7. The first-order valence-corrected chi connectivity index (χ1v) is 5.89. The SMILES string of the molecule is N#Cc1nc(NCC(=O)N2CCCC2)ccc1N. The smallest absolute Gasteiger partial charge is 0.241 e. The number of nitriles is 1. The van der Waals surface area contributed by atoms with Gasteiger partial charge in [-0.1, -0.05) is 0 Å². The van der Waals surface area contributed by atoms with Crippen LogP contribution in [0.5, 0.6) is 0 Å². The second kappa shape index (κ2) is 5.36. The summed E-state index contributed by atoms with van der Waals surface area (Å²) < 4.78 is 0. The Morgan fingerprint density at radius 3 is 2.89 bits per heavy atom. The molecule has 0 aliphatic carbocycles. The topological polar surface area (TPSA) is 95.0 Å². The van der Waals surface area contributed by atoms with Crippen LogP contribution in [0.3, 0.4) is 0 Å². The highest BCUT2D eigenvalue weighted by molar-refractivity contribution is 5.80. The number of nitrogens with one attached hydrogen (secondary N) is 1. The number of amides is 1. The molecule has 1 fully saturated rings. The summed E-state index contributed by atoms with van der Waals surface area (Å²) in [4.78, 5) is 17.6. The van der Waals surface area contributed by atoms with Crippen LogP contribution in [0.15, 0.2) is 12.1 Å². The van der Waals surface area contributed by atoms with Gasteiger partial charge in [-0.3, -0.25) is 4.79 Å². The molecule has 0 aromatic carbocycles. The van der Waals surface area contributed by atoms with Gasteiger partial charge < -0.3 is 16.0 Å². The third-order valence-corrected chi connectivity index (χ3v) is 2.91. The van der Waals surface area contributed by atoms with Crippen LogP contribution in [0.25, 0.3) is 0 Å². The van der Waals surface area contributed by atoms with Crippen molar-refractivity contribution in [3.05, 3.63) is 17.8 Å². The van der Waals surface area contributed by atoms with Gasteiger partial charge in [0.2, 0.25) is 5.91 Å². The zero-order valence-corrected chi connectivity index (χ0v) is 10.0. The van der Waals surface area contributed by atoms with Crippen LogP contribution in [0, 0.1) is 11.3 Å². The molecule has 1 aromatic rings. The highest BCUT2D eigenvalue weighted by Gasteiger charge is 2.17. The van der Waals surface area contributed by atoms with Crippen molar-refractivity contribution in [3.8, 4) is 6.07 Å². The minimum absolute atomic E-state index is 0.0598. The fourth-order valence-electron chi connectivity index (χ4n) is 1.90. The molecule has 1 amide bonds. The van der Waals surface area contributed by atoms with E-state index in [0.717, 1.165) is 25.9 Å². The summed E-state index contributed by atoms with van der Waals surface area (Å²) >= 11 is 0. The van der Waals surface area contributed by atoms with E-state index < -0.39 is 0 Å². The quantitative estimate of drug-likeness (QED) is 0.811. The number of rotatable bonds is 3. The van der Waals surface area contributed by atoms with Gasteiger partial charge in [0.1, 0.15) is 11.9 Å². The standard InChI is InChI=1S/C12H15N5O/c13-7-10-9(14)3-4-11(16-10)15-8-12(18)17-5-1-2-6-17/h3-4H,1-2,5-6,8,14H2,(H,15,16). The average molecular weight is 245 g/mol. The van der Waals surface area contributed by atoms with Crippen LogP contribution in [0.2, 0.25) is 0 Å². The fraction of sp³-hybridized carbons (Fsp3) is 0.417. The molecule has 1 saturated heterocycles. The Morgan fingerprint density at radius 1 is 1.50 bits per heavy atom. The van der Waals surface area contributed by atoms with Gasteiger partial charge in [-0.25, -0.2) is 4.98 Å². The molecule has 2 heterocycles. The summed E-state index contributed by atoms with van der Waals surface area (Å²) in [6, 6.07) is 5.17. The summed E-state index contributed by atoms with van der Waals surface area (Å²) in [6.07, 6.45) is 2.15. The normalized spacial score (nSPS) is 14.3. The first-order chi connectivity index (χ1) is 8.70. The van der Waals surface area contributed by atoms with Crippen LogP contribution < -0.4 is 11.1 Å². The molecule has 0 radical (unpaired) electrons. The minimum Gasteiger partial charge on any atom is -0.396 e. The first-order valence-electron chi connectivity index (χ1n) is 5.89. The first kappa shape index (κ1) is 12.2. The maximum Gasteiger partial charge on any atom is 0.241 e. The molecule has 0 saturated carbocycles. The molecule has 3 N–H and O–H groups in total. The Kier molecular flexibility index (Phi) is 3.63. The number of nitrogens with two attached hydrogens (primary N) is 1. The fourth-order valence-corrected chi connectivity index (χ4v) is 1.90. The molecule has 1 aromatic heterocycles. The number of nitrogen functional groups attached to an aromatic ring is 1. The zero-order valence-electron chi connectivity index (χ0n) is 10.0. The van der Waals surface area contributed by atoms with Gasteiger partial charge in [0.15, 0.2) is 5.69 Å². The van der Waals surface area contributed by atoms with Crippen molar-refractivity contribution in [2.45, 2.75) is 12.8 Å². The predicted octanol–water partition coefficient (Wildman–Crippen LogP) is 0.570. The van der Waals surface area contributed by atoms with Gasteiger partial charge in [-0.2, -0.15) is 5.26 Å². The number of carbonyl (C=O) groups excluding carboxylic acids is 1. The Bertz CT molecular complexity index is 488. The van der Waals surface area contributed by atoms with Gasteiger partial charge in [0, 0.05) is 13.1 Å². The zero-order chi connectivity index (χ0) is 13.0. The molecular weight excluding hydrogens is 230 g/mol. The molecule has 2 rings (SSSR count). The van der Waals surface area contributed by atoms with E-state index in [2.05, 4.69) is 10.3 Å². The maximum atomic E-state index is 11.8. The molecular formula is C12H15N5O. The van der Waals surface area contributed by atoms with Gasteiger partial charge in [-0.05, 0) is 25.0 Å². The van der Waals surface area contributed by atoms with Crippen molar-refractivity contribution in [3.63, 3.8) is 0 Å². The van der Waals surface area contributed by atoms with Crippen molar-refractivity contribution in [1.82, 2.24) is 9.88 Å². The lowest BCUT2D eigenvalue weighted by Crippen LogP contribution is -2.33. The second-order valence-electron chi connectivity index (χ2n) is 4.19. The number of nitrogens with zero attached hydrogens (tertiary/aromatic N) is 3. The Labute approximate surface area is 105 Å². The third-order valence-electron chi connectivity index (χ3n) is 2.91. The van der Waals surface area contributed by atoms with E-state index >= 15 is 0 Å². The van der Waals surface area contributed by atoms with Crippen molar-refractivity contribution >= 4 is 17.4 Å². The van der Waals surface area contributed by atoms with E-state index in [0.29, 0.717) is 11.5 Å². The molecule has 18 heavy (non-hydrogen) atoms. The van der Waals surface area contributed by atoms with Crippen LogP contribution in [-0.2, 0) is 4.79 Å². The number of hydrogen-bond acceptors (Lipinski definition) is 5. The lowest BCUT2D eigenvalue weighted by molar-refractivity contribution is -0.128. The van der Waals surface area contributed by atoms with Crippen molar-refractivity contribution < 1.29 is 4.79 Å². The number of aromatic nitrogens is 1. The lowest BCUT2D eigenvalue weighted by Gasteiger charge is -2.15. The summed E-state index contributed by atoms with van der Waals surface area (Å²) in [7, 11) is 0. The van der Waals surface area contributed by atoms with Crippen molar-refractivity contribution in [1.29, 1.82) is 5.26 Å². The summed E-state index contributed by atoms with van der Waals surface area (Å²) in [5.41, 5.74) is 6.08. The number of hydrogen-bond donors (Lipinski definition) is 2. The largest absolute Gasteiger partial charge is 0.396 e. The third kappa shape index (κ3) is 2.69. The summed E-state index contributed by atoms with van der Waals surface area (Å²) in [6.45, 7) is 1.86. The van der Waals surface area contributed by atoms with E-state index in [1.807, 2.05) is 11.0 Å². The number of carbonyl (C=O) groups is 1. The number of pyridine rings is 1. The number of anilines is 2. The van der Waals surface area contributed by atoms with E-state index in [4.69, 9.17) is 11.0 Å². The molecule has 6 nitrogen and oxygen atoms in total. The highest BCUT2D eigenvalue weighted by atomic mass is 16.2. The van der Waals surface area contributed by atoms with Crippen molar-refractivity contribution in [2.24, 2.45) is 0 Å². The van der Waals surface area contributed by atoms with Crippen molar-refractivity contribution in [2.75, 3.05) is 30.7 Å². The molecule has 94 valence electrons. The molecule has 1 aliphatic rings. The number of likely N-dealkylation sites (tertiary alicyclic amines) is 1. The van der Waals surface area contributed by atoms with Crippen LogP contribution in [0.4, 0.5) is 11.5 Å². The van der Waals surface area contributed by atoms with Gasteiger partial charge in [0.05, 0.1) is 12.2 Å². The van der Waals surface area contributed by atoms with Crippen LogP contribution >= 0.6 is 0 Å². The van der Waals surface area contributed by atoms with E-state index in [-0.39, 0.29) is 18.1 Å². The van der Waals surface area contributed by atoms with Gasteiger partial charge in [0.25, 0.3) is 0 Å². The Morgan fingerprint density at radius 2 is 2.22 bits per heavy atom. The Hall–Kier alpha value is -2.29. The van der Waals surface area contributed by atoms with Gasteiger partial charge in [-0.15, -0.1) is 0 Å². The molecule has 1 aliphatic heterocycles. The molecule has 0 spiro atoms. The average Bonchev–Trinajstić information content (AvgIpc) is 2.91. The van der Waals surface area contributed by atoms with Crippen LogP contribution in [0.1, 0.15) is 18.5 Å². The molecule has 0 atom stereocenters. The van der Waals surface area contributed by atoms with Crippen LogP contribution in [-0.4, -0.2) is 35.4 Å². The maximum absolute atomic E-state index is 11.8. The monoisotopic (exact) mass is 245 g/mol. The summed E-state index contributed by atoms with van der Waals surface area (Å²) in [5.74, 6) is 0.554. The molecule has 0 bridgehead atoms. The lowest BCUT2D eigenvalue weighted by atomic mass is 10.3. The predicted molar refractivity (Wildman–Crippen MR) is 67.7 cm³/mol. The molecule has 0 unspecified atom stereocenters. The van der Waals surface area contributed by atoms with E-state index in [9.17, 15) is 4.79 Å². The van der Waals surface area contributed by atoms with E-state index in [1.165, 1.54) is 0 Å². The minimum atomic E-state index is 0.0598. The molecule has 6 heteroatoms. The second-order valence-corrected chi connectivity index (χ2v) is 4.19. The van der Waals surface area contributed by atoms with Gasteiger partial charge >= 0.3 is 0 Å². The highest BCUT2D eigenvalue weighted by Crippen LogP contribution is 2.12.